The molecule has 0 fully saturated rings. The minimum Gasteiger partial charge on any atom is -0.380 e. The molecule has 0 aliphatic rings. The van der Waals surface area contributed by atoms with Crippen LogP contribution in [-0.2, 0) is 10.0 Å². The lowest BCUT2D eigenvalue weighted by Crippen LogP contribution is -2.25. The van der Waals surface area contributed by atoms with E-state index in [2.05, 4.69) is 20.0 Å². The molecule has 2 N–H and O–H groups in total. The summed E-state index contributed by atoms with van der Waals surface area (Å²) in [4.78, 5) is 0.0725. The SMILES string of the molecule is Cc1ccc(-c2nnc3c4ccccc4c(C)nn23)cc1S(=O)(=O)NCO. The lowest BCUT2D eigenvalue weighted by Gasteiger charge is -2.09. The number of hydrogen-bond donors (Lipinski definition) is 2. The van der Waals surface area contributed by atoms with Crippen LogP contribution in [0.25, 0.3) is 27.8 Å². The summed E-state index contributed by atoms with van der Waals surface area (Å²) in [6.07, 6.45) is 0. The van der Waals surface area contributed by atoms with Gasteiger partial charge in [0, 0.05) is 16.3 Å². The van der Waals surface area contributed by atoms with Gasteiger partial charge in [0.15, 0.2) is 11.5 Å². The summed E-state index contributed by atoms with van der Waals surface area (Å²) in [6, 6.07) is 12.8. The molecule has 2 aromatic heterocycles. The fourth-order valence-corrected chi connectivity index (χ4v) is 4.21. The number of fused-ring (bicyclic) bond motifs is 3. The number of aliphatic hydroxyl groups is 1. The Kier molecular flexibility index (Phi) is 4.14. The van der Waals surface area contributed by atoms with Crippen molar-refractivity contribution in [1.82, 2.24) is 24.5 Å². The number of hydrogen-bond acceptors (Lipinski definition) is 6. The van der Waals surface area contributed by atoms with Crippen molar-refractivity contribution in [2.75, 3.05) is 6.73 Å². The van der Waals surface area contributed by atoms with E-state index in [1.807, 2.05) is 31.2 Å². The Labute approximate surface area is 155 Å². The number of rotatable bonds is 4. The van der Waals surface area contributed by atoms with Gasteiger partial charge in [-0.3, -0.25) is 0 Å². The molecule has 9 heteroatoms. The summed E-state index contributed by atoms with van der Waals surface area (Å²) >= 11 is 0. The number of aliphatic hydroxyl groups excluding tert-OH is 1. The van der Waals surface area contributed by atoms with Crippen LogP contribution >= 0.6 is 0 Å². The number of nitrogens with zero attached hydrogens (tertiary/aromatic N) is 4. The Hall–Kier alpha value is -2.88. The third-order valence-corrected chi connectivity index (χ3v) is 5.97. The van der Waals surface area contributed by atoms with Gasteiger partial charge in [-0.25, -0.2) is 8.42 Å². The van der Waals surface area contributed by atoms with Crippen molar-refractivity contribution in [3.05, 3.63) is 53.7 Å². The predicted molar refractivity (Wildman–Crippen MR) is 101 cm³/mol. The van der Waals surface area contributed by atoms with Crippen molar-refractivity contribution in [2.24, 2.45) is 0 Å². The highest BCUT2D eigenvalue weighted by atomic mass is 32.2. The summed E-state index contributed by atoms with van der Waals surface area (Å²) in [6.45, 7) is 2.92. The first-order valence-corrected chi connectivity index (χ1v) is 9.73. The van der Waals surface area contributed by atoms with Crippen LogP contribution in [0.3, 0.4) is 0 Å². The number of sulfonamides is 1. The van der Waals surface area contributed by atoms with E-state index in [-0.39, 0.29) is 4.90 Å². The standard InChI is InChI=1S/C18H17N5O3S/c1-11-7-8-13(9-16(11)27(25,26)19-10-24)17-20-21-18-15-6-4-3-5-14(15)12(2)22-23(17)18/h3-9,19,24H,10H2,1-2H3. The molecule has 0 atom stereocenters. The normalized spacial score (nSPS) is 12.1. The molecule has 27 heavy (non-hydrogen) atoms. The first-order valence-electron chi connectivity index (χ1n) is 8.24. The molecule has 0 aliphatic heterocycles. The van der Waals surface area contributed by atoms with Crippen molar-refractivity contribution in [3.8, 4) is 11.4 Å². The van der Waals surface area contributed by atoms with Gasteiger partial charge in [-0.05, 0) is 25.5 Å². The van der Waals surface area contributed by atoms with Crippen LogP contribution in [0.4, 0.5) is 0 Å². The zero-order valence-corrected chi connectivity index (χ0v) is 15.5. The molecule has 4 rings (SSSR count). The fourth-order valence-electron chi connectivity index (χ4n) is 3.11. The van der Waals surface area contributed by atoms with E-state index < -0.39 is 16.8 Å². The fraction of sp³-hybridized carbons (Fsp3) is 0.167. The van der Waals surface area contributed by atoms with E-state index in [4.69, 9.17) is 5.11 Å². The van der Waals surface area contributed by atoms with Gasteiger partial charge < -0.3 is 5.11 Å². The smallest absolute Gasteiger partial charge is 0.242 e. The molecule has 0 unspecified atom stereocenters. The van der Waals surface area contributed by atoms with E-state index in [9.17, 15) is 8.42 Å². The average Bonchev–Trinajstić information content (AvgIpc) is 3.06. The molecule has 2 aromatic carbocycles. The number of nitrogens with one attached hydrogen (secondary N) is 1. The molecule has 0 saturated heterocycles. The molecular weight excluding hydrogens is 366 g/mol. The molecule has 0 saturated carbocycles. The molecule has 0 radical (unpaired) electrons. The second-order valence-corrected chi connectivity index (χ2v) is 7.91. The molecule has 0 amide bonds. The summed E-state index contributed by atoms with van der Waals surface area (Å²) in [5.74, 6) is 0.444. The van der Waals surface area contributed by atoms with Gasteiger partial charge in [0.05, 0.1) is 10.6 Å². The maximum atomic E-state index is 12.3. The van der Waals surface area contributed by atoms with Gasteiger partial charge in [-0.1, -0.05) is 36.4 Å². The Bertz CT molecular complexity index is 1280. The van der Waals surface area contributed by atoms with E-state index in [1.165, 1.54) is 6.07 Å². The van der Waals surface area contributed by atoms with Crippen molar-refractivity contribution >= 4 is 26.4 Å². The topological polar surface area (TPSA) is 109 Å². The third kappa shape index (κ3) is 2.85. The van der Waals surface area contributed by atoms with Crippen LogP contribution < -0.4 is 4.72 Å². The van der Waals surface area contributed by atoms with Crippen LogP contribution in [0, 0.1) is 13.8 Å². The van der Waals surface area contributed by atoms with E-state index in [1.54, 1.807) is 23.6 Å². The summed E-state index contributed by atoms with van der Waals surface area (Å²) < 4.78 is 28.4. The molecule has 0 bridgehead atoms. The molecule has 4 aromatic rings. The van der Waals surface area contributed by atoms with Gasteiger partial charge in [-0.2, -0.15) is 14.3 Å². The predicted octanol–water partition coefficient (Wildman–Crippen LogP) is 1.79. The van der Waals surface area contributed by atoms with E-state index in [0.717, 1.165) is 16.5 Å². The second kappa shape index (κ2) is 6.38. The van der Waals surface area contributed by atoms with Crippen LogP contribution in [-0.4, -0.2) is 40.1 Å². The Morgan fingerprint density at radius 2 is 1.81 bits per heavy atom. The quantitative estimate of drug-likeness (QED) is 0.520. The Morgan fingerprint density at radius 3 is 2.56 bits per heavy atom. The molecule has 2 heterocycles. The average molecular weight is 383 g/mol. The third-order valence-electron chi connectivity index (χ3n) is 4.44. The summed E-state index contributed by atoms with van der Waals surface area (Å²) in [5, 5.41) is 23.9. The molecule has 8 nitrogen and oxygen atoms in total. The van der Waals surface area contributed by atoms with Crippen LogP contribution in [0.5, 0.6) is 0 Å². The lowest BCUT2D eigenvalue weighted by atomic mass is 10.1. The van der Waals surface area contributed by atoms with Crippen LogP contribution in [0.15, 0.2) is 47.4 Å². The molecule has 138 valence electrons. The lowest BCUT2D eigenvalue weighted by molar-refractivity contribution is 0.288. The molecule has 0 spiro atoms. The monoisotopic (exact) mass is 383 g/mol. The van der Waals surface area contributed by atoms with Gasteiger partial charge in [-0.15, -0.1) is 10.2 Å². The highest BCUT2D eigenvalue weighted by Crippen LogP contribution is 2.27. The first kappa shape index (κ1) is 17.5. The maximum Gasteiger partial charge on any atom is 0.242 e. The summed E-state index contributed by atoms with van der Waals surface area (Å²) in [5.41, 5.74) is 2.54. The summed E-state index contributed by atoms with van der Waals surface area (Å²) in [7, 11) is -3.83. The van der Waals surface area contributed by atoms with Gasteiger partial charge in [0.2, 0.25) is 10.0 Å². The zero-order valence-electron chi connectivity index (χ0n) is 14.7. The van der Waals surface area contributed by atoms with Gasteiger partial charge in [0.25, 0.3) is 0 Å². The van der Waals surface area contributed by atoms with Gasteiger partial charge >= 0.3 is 0 Å². The Morgan fingerprint density at radius 1 is 1.07 bits per heavy atom. The zero-order chi connectivity index (χ0) is 19.2. The van der Waals surface area contributed by atoms with Crippen molar-refractivity contribution in [1.29, 1.82) is 0 Å². The number of benzene rings is 2. The first-order chi connectivity index (χ1) is 12.9. The highest BCUT2D eigenvalue weighted by Gasteiger charge is 2.20. The molecule has 0 aliphatic carbocycles. The largest absolute Gasteiger partial charge is 0.380 e. The van der Waals surface area contributed by atoms with Crippen LogP contribution in [0.1, 0.15) is 11.3 Å². The highest BCUT2D eigenvalue weighted by molar-refractivity contribution is 7.89. The van der Waals surface area contributed by atoms with Crippen molar-refractivity contribution in [3.63, 3.8) is 0 Å². The van der Waals surface area contributed by atoms with Crippen molar-refractivity contribution < 1.29 is 13.5 Å². The van der Waals surface area contributed by atoms with E-state index >= 15 is 0 Å². The number of aromatic nitrogens is 4. The van der Waals surface area contributed by atoms with E-state index in [0.29, 0.717) is 22.6 Å². The van der Waals surface area contributed by atoms with Crippen LogP contribution in [0.2, 0.25) is 0 Å². The number of aryl methyl sites for hydroxylation is 2. The molecular formula is C18H17N5O3S. The maximum absolute atomic E-state index is 12.3. The van der Waals surface area contributed by atoms with Crippen molar-refractivity contribution in [2.45, 2.75) is 18.7 Å². The second-order valence-electron chi connectivity index (χ2n) is 6.18. The Balaban J connectivity index is 1.96. The van der Waals surface area contributed by atoms with Gasteiger partial charge in [0.1, 0.15) is 6.73 Å². The minimum absolute atomic E-state index is 0.0725. The minimum atomic E-state index is -3.83.